The summed E-state index contributed by atoms with van der Waals surface area (Å²) in [6.45, 7) is 6.92. The minimum absolute atomic E-state index is 0.0810. The SMILES string of the molecule is CC(O)C(C)O.CC(O)CCO.CCC(O)CO.OCCCCO. The summed E-state index contributed by atoms with van der Waals surface area (Å²) in [5.74, 6) is 0. The first-order chi connectivity index (χ1) is 11.1. The van der Waals surface area contributed by atoms with Crippen LogP contribution in [0.25, 0.3) is 0 Å². The van der Waals surface area contributed by atoms with Crippen molar-refractivity contribution < 1.29 is 40.9 Å². The van der Waals surface area contributed by atoms with Crippen LogP contribution in [0.4, 0.5) is 0 Å². The van der Waals surface area contributed by atoms with E-state index in [1.165, 1.54) is 0 Å². The number of aliphatic hydroxyl groups is 8. The molecule has 0 saturated carbocycles. The predicted molar refractivity (Wildman–Crippen MR) is 93.5 cm³/mol. The average Bonchev–Trinajstić information content (AvgIpc) is 2.53. The number of hydrogen-bond donors (Lipinski definition) is 8. The van der Waals surface area contributed by atoms with Gasteiger partial charge in [-0.25, -0.2) is 0 Å². The molecule has 0 spiro atoms. The maximum Gasteiger partial charge on any atom is 0.0768 e. The van der Waals surface area contributed by atoms with Crippen molar-refractivity contribution in [3.8, 4) is 0 Å². The van der Waals surface area contributed by atoms with Crippen molar-refractivity contribution in [3.05, 3.63) is 0 Å². The lowest BCUT2D eigenvalue weighted by molar-refractivity contribution is 0.0438. The summed E-state index contributed by atoms with van der Waals surface area (Å²) < 4.78 is 0. The lowest BCUT2D eigenvalue weighted by Gasteiger charge is -2.03. The van der Waals surface area contributed by atoms with E-state index in [0.29, 0.717) is 12.8 Å². The quantitative estimate of drug-likeness (QED) is 0.256. The second-order valence-corrected chi connectivity index (χ2v) is 5.24. The molecule has 0 rings (SSSR count). The fourth-order valence-electron chi connectivity index (χ4n) is 0.540. The molecule has 0 aliphatic rings. The van der Waals surface area contributed by atoms with Crippen LogP contribution in [0, 0.1) is 0 Å². The molecule has 8 heteroatoms. The van der Waals surface area contributed by atoms with Crippen molar-refractivity contribution in [2.75, 3.05) is 26.4 Å². The Balaban J connectivity index is -0.000000111. The molecule has 0 aromatic rings. The Labute approximate surface area is 146 Å². The van der Waals surface area contributed by atoms with E-state index >= 15 is 0 Å². The second-order valence-electron chi connectivity index (χ2n) is 5.24. The summed E-state index contributed by atoms with van der Waals surface area (Å²) in [4.78, 5) is 0. The molecule has 0 aromatic heterocycles. The van der Waals surface area contributed by atoms with Gasteiger partial charge in [-0.3, -0.25) is 0 Å². The molecule has 8 nitrogen and oxygen atoms in total. The highest BCUT2D eigenvalue weighted by Crippen LogP contribution is 1.86. The Bertz CT molecular complexity index is 175. The Kier molecular flexibility index (Phi) is 36.1. The Morgan fingerprint density at radius 3 is 1.08 bits per heavy atom. The van der Waals surface area contributed by atoms with Crippen molar-refractivity contribution in [1.82, 2.24) is 0 Å². The van der Waals surface area contributed by atoms with Crippen LogP contribution >= 0.6 is 0 Å². The summed E-state index contributed by atoms with van der Waals surface area (Å²) in [6, 6.07) is 0. The minimum Gasteiger partial charge on any atom is -0.396 e. The third kappa shape index (κ3) is 49.5. The topological polar surface area (TPSA) is 162 Å². The molecule has 0 saturated heterocycles. The Hall–Kier alpha value is -0.320. The molecule has 4 atom stereocenters. The second kappa shape index (κ2) is 27.5. The van der Waals surface area contributed by atoms with Gasteiger partial charge in [0.25, 0.3) is 0 Å². The van der Waals surface area contributed by atoms with E-state index in [2.05, 4.69) is 0 Å². The number of rotatable bonds is 8. The summed E-state index contributed by atoms with van der Waals surface area (Å²) in [6.07, 6.45) is 0.513. The summed E-state index contributed by atoms with van der Waals surface area (Å²) in [5.41, 5.74) is 0. The van der Waals surface area contributed by atoms with Gasteiger partial charge in [0.1, 0.15) is 0 Å². The van der Waals surface area contributed by atoms with Gasteiger partial charge in [-0.2, -0.15) is 0 Å². The maximum atomic E-state index is 8.42. The largest absolute Gasteiger partial charge is 0.396 e. The van der Waals surface area contributed by atoms with E-state index in [9.17, 15) is 0 Å². The van der Waals surface area contributed by atoms with E-state index in [0.717, 1.165) is 12.8 Å². The zero-order valence-electron chi connectivity index (χ0n) is 15.5. The molecule has 152 valence electrons. The third-order valence-corrected chi connectivity index (χ3v) is 2.49. The Morgan fingerprint density at radius 2 is 1.04 bits per heavy atom. The van der Waals surface area contributed by atoms with Crippen LogP contribution in [0.3, 0.4) is 0 Å². The average molecular weight is 360 g/mol. The van der Waals surface area contributed by atoms with E-state index in [-0.39, 0.29) is 32.5 Å². The van der Waals surface area contributed by atoms with Crippen molar-refractivity contribution in [2.24, 2.45) is 0 Å². The van der Waals surface area contributed by atoms with Crippen molar-refractivity contribution in [3.63, 3.8) is 0 Å². The fraction of sp³-hybridized carbons (Fsp3) is 1.00. The van der Waals surface area contributed by atoms with E-state index < -0.39 is 18.3 Å². The monoisotopic (exact) mass is 360 g/mol. The lowest BCUT2D eigenvalue weighted by Crippen LogP contribution is -2.17. The predicted octanol–water partition coefficient (Wildman–Crippen LogP) is -1.00. The molecule has 0 fully saturated rings. The van der Waals surface area contributed by atoms with Gasteiger partial charge >= 0.3 is 0 Å². The molecular formula is C16H40O8. The van der Waals surface area contributed by atoms with Crippen molar-refractivity contribution >= 4 is 0 Å². The van der Waals surface area contributed by atoms with Gasteiger partial charge in [0, 0.05) is 19.8 Å². The first-order valence-corrected chi connectivity index (χ1v) is 8.29. The van der Waals surface area contributed by atoms with Gasteiger partial charge in [0.05, 0.1) is 31.0 Å². The summed E-state index contributed by atoms with van der Waals surface area (Å²) in [7, 11) is 0. The molecule has 0 amide bonds. The molecule has 0 radical (unpaired) electrons. The van der Waals surface area contributed by atoms with Crippen LogP contribution in [-0.4, -0.2) is 91.7 Å². The molecule has 0 heterocycles. The fourth-order valence-corrected chi connectivity index (χ4v) is 0.540. The van der Waals surface area contributed by atoms with Crippen molar-refractivity contribution in [2.45, 2.75) is 77.8 Å². The highest BCUT2D eigenvalue weighted by Gasteiger charge is 1.99. The van der Waals surface area contributed by atoms with Crippen LogP contribution < -0.4 is 0 Å². The van der Waals surface area contributed by atoms with Gasteiger partial charge in [-0.15, -0.1) is 0 Å². The smallest absolute Gasteiger partial charge is 0.0768 e. The molecule has 0 bridgehead atoms. The Morgan fingerprint density at radius 1 is 0.667 bits per heavy atom. The zero-order valence-corrected chi connectivity index (χ0v) is 15.5. The van der Waals surface area contributed by atoms with Crippen LogP contribution in [0.5, 0.6) is 0 Å². The molecule has 24 heavy (non-hydrogen) atoms. The number of aliphatic hydroxyl groups excluding tert-OH is 8. The van der Waals surface area contributed by atoms with Crippen molar-refractivity contribution in [1.29, 1.82) is 0 Å². The molecule has 4 unspecified atom stereocenters. The van der Waals surface area contributed by atoms with Crippen LogP contribution in [0.1, 0.15) is 53.4 Å². The maximum absolute atomic E-state index is 8.42. The third-order valence-electron chi connectivity index (χ3n) is 2.49. The van der Waals surface area contributed by atoms with Gasteiger partial charge in [-0.05, 0) is 46.5 Å². The van der Waals surface area contributed by atoms with Gasteiger partial charge in [-0.1, -0.05) is 6.92 Å². The van der Waals surface area contributed by atoms with E-state index in [1.807, 2.05) is 6.92 Å². The number of unbranched alkanes of at least 4 members (excludes halogenated alkanes) is 1. The lowest BCUT2D eigenvalue weighted by atomic mass is 10.3. The first kappa shape index (κ1) is 31.4. The van der Waals surface area contributed by atoms with Crippen LogP contribution in [0.2, 0.25) is 0 Å². The van der Waals surface area contributed by atoms with E-state index in [1.54, 1.807) is 20.8 Å². The number of hydrogen-bond acceptors (Lipinski definition) is 8. The molecule has 0 aliphatic heterocycles. The zero-order chi connectivity index (χ0) is 20.0. The van der Waals surface area contributed by atoms with Crippen LogP contribution in [0.15, 0.2) is 0 Å². The molecule has 8 N–H and O–H groups in total. The van der Waals surface area contributed by atoms with Gasteiger partial charge in [0.2, 0.25) is 0 Å². The minimum atomic E-state index is -0.593. The molecular weight excluding hydrogens is 320 g/mol. The van der Waals surface area contributed by atoms with Gasteiger partial charge in [0.15, 0.2) is 0 Å². The molecule has 0 aromatic carbocycles. The van der Waals surface area contributed by atoms with Crippen LogP contribution in [-0.2, 0) is 0 Å². The highest BCUT2D eigenvalue weighted by molar-refractivity contribution is 4.51. The highest BCUT2D eigenvalue weighted by atomic mass is 16.3. The summed E-state index contributed by atoms with van der Waals surface area (Å²) in [5, 5.41) is 65.9. The van der Waals surface area contributed by atoms with E-state index in [4.69, 9.17) is 40.9 Å². The van der Waals surface area contributed by atoms with Gasteiger partial charge < -0.3 is 40.9 Å². The standard InChI is InChI=1S/4C4H10O2/c1-4(6)2-3-5;1-3(5)4(2)6;1-2-4(6)3-5;5-3-1-2-4-6/h4-6H,2-3H2,1H3;3-6H,1-2H3;4-6H,2-3H2,1H3;5-6H,1-4H2. The summed E-state index contributed by atoms with van der Waals surface area (Å²) >= 11 is 0. The normalized spacial score (nSPS) is 14.5. The molecule has 0 aliphatic carbocycles. The first-order valence-electron chi connectivity index (χ1n) is 8.29.